The molecule has 8 heteroatoms. The summed E-state index contributed by atoms with van der Waals surface area (Å²) in [6.45, 7) is 2.80. The molecule has 0 spiro atoms. The fraction of sp³-hybridized carbons (Fsp3) is 0.565. The minimum Gasteiger partial charge on any atom is -0.354 e. The van der Waals surface area contributed by atoms with Crippen molar-refractivity contribution < 1.29 is 13.2 Å². The largest absolute Gasteiger partial charge is 0.354 e. The first-order valence-electron chi connectivity index (χ1n) is 11.3. The molecule has 1 aromatic heterocycles. The van der Waals surface area contributed by atoms with Crippen molar-refractivity contribution in [3.05, 3.63) is 45.9 Å². The fourth-order valence-electron chi connectivity index (χ4n) is 4.73. The molecule has 1 amide bonds. The standard InChI is InChI=1S/C23H31N3O3S2/c1-17-25-20(16-30-17)13-14-24-23(27)22-8-5-15-26(22)31(28,29)21-11-9-19(10-12-21)18-6-3-2-4-7-18/h9-12,16,18,22H,2-8,13-15H2,1H3,(H,24,27)/t22-/m1/s1. The third-order valence-electron chi connectivity index (χ3n) is 6.42. The number of aryl methyl sites for hydroxylation is 1. The summed E-state index contributed by atoms with van der Waals surface area (Å²) in [5.41, 5.74) is 2.18. The van der Waals surface area contributed by atoms with Crippen LogP contribution < -0.4 is 5.32 Å². The lowest BCUT2D eigenvalue weighted by Gasteiger charge is -2.24. The lowest BCUT2D eigenvalue weighted by Crippen LogP contribution is -2.46. The molecule has 1 saturated heterocycles. The van der Waals surface area contributed by atoms with E-state index in [1.54, 1.807) is 23.5 Å². The highest BCUT2D eigenvalue weighted by atomic mass is 32.2. The molecule has 0 radical (unpaired) electrons. The Kier molecular flexibility index (Phi) is 7.08. The maximum Gasteiger partial charge on any atom is 0.243 e. The van der Waals surface area contributed by atoms with Gasteiger partial charge in [0, 0.05) is 24.9 Å². The van der Waals surface area contributed by atoms with E-state index in [-0.39, 0.29) is 10.8 Å². The summed E-state index contributed by atoms with van der Waals surface area (Å²) in [6.07, 6.45) is 8.06. The number of rotatable bonds is 7. The molecule has 31 heavy (non-hydrogen) atoms. The van der Waals surface area contributed by atoms with E-state index in [0.29, 0.717) is 38.3 Å². The van der Waals surface area contributed by atoms with Crippen LogP contribution in [0.3, 0.4) is 0 Å². The molecule has 1 saturated carbocycles. The van der Waals surface area contributed by atoms with Crippen molar-refractivity contribution in [2.45, 2.75) is 75.1 Å². The topological polar surface area (TPSA) is 79.4 Å². The second-order valence-corrected chi connectivity index (χ2v) is 11.5. The molecular formula is C23H31N3O3S2. The molecule has 1 N–H and O–H groups in total. The van der Waals surface area contributed by atoms with Crippen LogP contribution in [0.5, 0.6) is 0 Å². The molecule has 2 aliphatic rings. The summed E-state index contributed by atoms with van der Waals surface area (Å²) in [7, 11) is -3.69. The third kappa shape index (κ3) is 5.18. The van der Waals surface area contributed by atoms with Gasteiger partial charge in [0.15, 0.2) is 0 Å². The summed E-state index contributed by atoms with van der Waals surface area (Å²) in [5.74, 6) is 0.323. The predicted molar refractivity (Wildman–Crippen MR) is 123 cm³/mol. The summed E-state index contributed by atoms with van der Waals surface area (Å²) in [5, 5.41) is 5.90. The Hall–Kier alpha value is -1.77. The zero-order valence-electron chi connectivity index (χ0n) is 18.0. The minimum atomic E-state index is -3.69. The second kappa shape index (κ2) is 9.79. The molecule has 2 heterocycles. The average Bonchev–Trinajstić information content (AvgIpc) is 3.44. The SMILES string of the molecule is Cc1nc(CCNC(=O)[C@H]2CCCN2S(=O)(=O)c2ccc(C3CCCCC3)cc2)cs1. The van der Waals surface area contributed by atoms with E-state index in [0.717, 1.165) is 10.7 Å². The van der Waals surface area contributed by atoms with Gasteiger partial charge in [0.2, 0.25) is 15.9 Å². The zero-order chi connectivity index (χ0) is 21.8. The van der Waals surface area contributed by atoms with E-state index in [4.69, 9.17) is 0 Å². The molecule has 2 aromatic rings. The van der Waals surface area contributed by atoms with Crippen molar-refractivity contribution in [2.24, 2.45) is 0 Å². The maximum atomic E-state index is 13.3. The molecule has 0 unspecified atom stereocenters. The van der Waals surface area contributed by atoms with Gasteiger partial charge < -0.3 is 5.32 Å². The highest BCUT2D eigenvalue weighted by Gasteiger charge is 2.39. The normalized spacial score (nSPS) is 20.7. The van der Waals surface area contributed by atoms with Crippen LogP contribution in [0, 0.1) is 6.92 Å². The number of hydrogen-bond acceptors (Lipinski definition) is 5. The summed E-state index contributed by atoms with van der Waals surface area (Å²) >= 11 is 1.59. The minimum absolute atomic E-state index is 0.216. The van der Waals surface area contributed by atoms with E-state index in [1.807, 2.05) is 24.4 Å². The smallest absolute Gasteiger partial charge is 0.243 e. The molecular weight excluding hydrogens is 430 g/mol. The number of carbonyl (C=O) groups excluding carboxylic acids is 1. The number of nitrogens with zero attached hydrogens (tertiary/aromatic N) is 2. The van der Waals surface area contributed by atoms with Crippen LogP contribution in [0.4, 0.5) is 0 Å². The van der Waals surface area contributed by atoms with E-state index in [1.165, 1.54) is 42.0 Å². The lowest BCUT2D eigenvalue weighted by molar-refractivity contribution is -0.124. The quantitative estimate of drug-likeness (QED) is 0.676. The van der Waals surface area contributed by atoms with Crippen LogP contribution in [-0.4, -0.2) is 42.7 Å². The Balaban J connectivity index is 1.39. The molecule has 1 aliphatic carbocycles. The third-order valence-corrected chi connectivity index (χ3v) is 9.16. The van der Waals surface area contributed by atoms with Gasteiger partial charge >= 0.3 is 0 Å². The number of aromatic nitrogens is 1. The van der Waals surface area contributed by atoms with Crippen LogP contribution in [0.15, 0.2) is 34.5 Å². The number of sulfonamides is 1. The first-order valence-corrected chi connectivity index (χ1v) is 13.6. The van der Waals surface area contributed by atoms with Crippen molar-refractivity contribution in [1.82, 2.24) is 14.6 Å². The molecule has 1 aliphatic heterocycles. The molecule has 4 rings (SSSR count). The van der Waals surface area contributed by atoms with E-state index in [2.05, 4.69) is 10.3 Å². The van der Waals surface area contributed by atoms with Gasteiger partial charge in [0.05, 0.1) is 15.6 Å². The molecule has 2 fully saturated rings. The lowest BCUT2D eigenvalue weighted by atomic mass is 9.84. The van der Waals surface area contributed by atoms with Crippen LogP contribution in [0.1, 0.15) is 67.1 Å². The van der Waals surface area contributed by atoms with E-state index in [9.17, 15) is 13.2 Å². The van der Waals surface area contributed by atoms with Crippen LogP contribution in [0.25, 0.3) is 0 Å². The molecule has 1 atom stereocenters. The number of benzene rings is 1. The fourth-order valence-corrected chi connectivity index (χ4v) is 7.03. The van der Waals surface area contributed by atoms with Crippen molar-refractivity contribution in [3.63, 3.8) is 0 Å². The van der Waals surface area contributed by atoms with Gasteiger partial charge in [-0.05, 0) is 56.2 Å². The van der Waals surface area contributed by atoms with Crippen LogP contribution in [-0.2, 0) is 21.2 Å². The van der Waals surface area contributed by atoms with Gasteiger partial charge in [-0.1, -0.05) is 31.4 Å². The van der Waals surface area contributed by atoms with Crippen LogP contribution >= 0.6 is 11.3 Å². The number of nitrogens with one attached hydrogen (secondary N) is 1. The molecule has 0 bridgehead atoms. The summed E-state index contributed by atoms with van der Waals surface area (Å²) in [6, 6.07) is 6.72. The average molecular weight is 462 g/mol. The Bertz CT molecular complexity index is 995. The van der Waals surface area contributed by atoms with E-state index < -0.39 is 16.1 Å². The predicted octanol–water partition coefficient (Wildman–Crippen LogP) is 4.01. The Labute approximate surface area is 189 Å². The Morgan fingerprint density at radius 1 is 1.13 bits per heavy atom. The number of carbonyl (C=O) groups is 1. The van der Waals surface area contributed by atoms with Crippen molar-refractivity contribution in [3.8, 4) is 0 Å². The van der Waals surface area contributed by atoms with Gasteiger partial charge in [-0.2, -0.15) is 4.31 Å². The first-order chi connectivity index (χ1) is 14.9. The van der Waals surface area contributed by atoms with Gasteiger partial charge in [-0.25, -0.2) is 13.4 Å². The van der Waals surface area contributed by atoms with Crippen molar-refractivity contribution in [2.75, 3.05) is 13.1 Å². The van der Waals surface area contributed by atoms with Gasteiger partial charge in [0.25, 0.3) is 0 Å². The Morgan fingerprint density at radius 3 is 2.55 bits per heavy atom. The molecule has 1 aromatic carbocycles. The highest BCUT2D eigenvalue weighted by Crippen LogP contribution is 2.33. The van der Waals surface area contributed by atoms with Gasteiger partial charge in [-0.15, -0.1) is 11.3 Å². The van der Waals surface area contributed by atoms with Crippen molar-refractivity contribution in [1.29, 1.82) is 0 Å². The van der Waals surface area contributed by atoms with Crippen LogP contribution in [0.2, 0.25) is 0 Å². The first kappa shape index (κ1) is 22.4. The number of amides is 1. The van der Waals surface area contributed by atoms with Gasteiger partial charge in [-0.3, -0.25) is 4.79 Å². The monoisotopic (exact) mass is 461 g/mol. The maximum absolute atomic E-state index is 13.3. The van der Waals surface area contributed by atoms with Crippen molar-refractivity contribution >= 4 is 27.3 Å². The Morgan fingerprint density at radius 2 is 1.87 bits per heavy atom. The zero-order valence-corrected chi connectivity index (χ0v) is 19.7. The summed E-state index contributed by atoms with van der Waals surface area (Å²) in [4.78, 5) is 17.4. The highest BCUT2D eigenvalue weighted by molar-refractivity contribution is 7.89. The molecule has 168 valence electrons. The number of hydrogen-bond donors (Lipinski definition) is 1. The summed E-state index contributed by atoms with van der Waals surface area (Å²) < 4.78 is 27.9. The molecule has 6 nitrogen and oxygen atoms in total. The number of thiazole rings is 1. The second-order valence-electron chi connectivity index (χ2n) is 8.58. The van der Waals surface area contributed by atoms with Gasteiger partial charge in [0.1, 0.15) is 6.04 Å². The van der Waals surface area contributed by atoms with E-state index >= 15 is 0 Å².